The van der Waals surface area contributed by atoms with E-state index in [2.05, 4.69) is 0 Å². The largest absolute Gasteiger partial charge is 0.376 e. The monoisotopic (exact) mass is 164 g/mol. The number of hydrogen-bond acceptors (Lipinski definition) is 2. The van der Waals surface area contributed by atoms with E-state index in [1.807, 2.05) is 6.92 Å². The molecule has 1 fully saturated rings. The van der Waals surface area contributed by atoms with Crippen molar-refractivity contribution in [1.29, 1.82) is 0 Å². The normalized spacial score (nSPS) is 30.6. The Morgan fingerprint density at radius 2 is 2.10 bits per heavy atom. The Balaban J connectivity index is 1.92. The van der Waals surface area contributed by atoms with E-state index in [-0.39, 0.29) is 0 Å². The SMILES string of the molecule is CCO[C@H]1C[C@H]1OCCCl. The molecule has 0 unspecified atom stereocenters. The van der Waals surface area contributed by atoms with Gasteiger partial charge < -0.3 is 9.47 Å². The number of alkyl halides is 1. The van der Waals surface area contributed by atoms with Crippen LogP contribution in [0.15, 0.2) is 0 Å². The van der Waals surface area contributed by atoms with Gasteiger partial charge in [-0.2, -0.15) is 0 Å². The van der Waals surface area contributed by atoms with E-state index in [0.29, 0.717) is 24.7 Å². The minimum atomic E-state index is 0.332. The lowest BCUT2D eigenvalue weighted by atomic mass is 10.7. The van der Waals surface area contributed by atoms with Gasteiger partial charge in [-0.1, -0.05) is 0 Å². The fraction of sp³-hybridized carbons (Fsp3) is 1.00. The van der Waals surface area contributed by atoms with Crippen molar-refractivity contribution < 1.29 is 9.47 Å². The van der Waals surface area contributed by atoms with Crippen molar-refractivity contribution in [3.8, 4) is 0 Å². The molecule has 0 N–H and O–H groups in total. The van der Waals surface area contributed by atoms with Gasteiger partial charge in [-0.05, 0) is 6.92 Å². The van der Waals surface area contributed by atoms with Crippen LogP contribution in [-0.2, 0) is 9.47 Å². The predicted octanol–water partition coefficient (Wildman–Crippen LogP) is 1.42. The molecule has 0 aromatic carbocycles. The van der Waals surface area contributed by atoms with Crippen molar-refractivity contribution in [2.24, 2.45) is 0 Å². The topological polar surface area (TPSA) is 18.5 Å². The maximum absolute atomic E-state index is 5.43. The van der Waals surface area contributed by atoms with Crippen LogP contribution in [-0.4, -0.2) is 31.3 Å². The van der Waals surface area contributed by atoms with Gasteiger partial charge in [0.05, 0.1) is 18.8 Å². The molecule has 1 rings (SSSR count). The zero-order valence-corrected chi connectivity index (χ0v) is 6.93. The standard InChI is InChI=1S/C7H13ClO2/c1-2-9-6-5-7(6)10-4-3-8/h6-7H,2-5H2,1H3/t6-,7+/m0/s1. The molecule has 1 aliphatic rings. The van der Waals surface area contributed by atoms with Crippen LogP contribution < -0.4 is 0 Å². The van der Waals surface area contributed by atoms with Gasteiger partial charge in [0.2, 0.25) is 0 Å². The second-order valence-electron chi connectivity index (χ2n) is 2.33. The van der Waals surface area contributed by atoms with Gasteiger partial charge in [0, 0.05) is 18.9 Å². The van der Waals surface area contributed by atoms with Crippen LogP contribution >= 0.6 is 11.6 Å². The first-order chi connectivity index (χ1) is 4.88. The van der Waals surface area contributed by atoms with E-state index in [1.54, 1.807) is 0 Å². The molecule has 1 aliphatic carbocycles. The van der Waals surface area contributed by atoms with Crippen LogP contribution in [0.5, 0.6) is 0 Å². The Hall–Kier alpha value is 0.210. The molecule has 1 saturated carbocycles. The van der Waals surface area contributed by atoms with Gasteiger partial charge in [0.1, 0.15) is 0 Å². The lowest BCUT2D eigenvalue weighted by Crippen LogP contribution is -2.05. The first-order valence-electron chi connectivity index (χ1n) is 3.67. The highest BCUT2D eigenvalue weighted by Gasteiger charge is 2.38. The van der Waals surface area contributed by atoms with Crippen LogP contribution in [0.4, 0.5) is 0 Å². The lowest BCUT2D eigenvalue weighted by molar-refractivity contribution is 0.0542. The van der Waals surface area contributed by atoms with Crippen molar-refractivity contribution >= 4 is 11.6 Å². The molecule has 0 aromatic heterocycles. The highest BCUT2D eigenvalue weighted by molar-refractivity contribution is 6.17. The quantitative estimate of drug-likeness (QED) is 0.573. The van der Waals surface area contributed by atoms with Crippen LogP contribution in [0.1, 0.15) is 13.3 Å². The van der Waals surface area contributed by atoms with E-state index in [1.165, 1.54) is 0 Å². The number of rotatable bonds is 5. The van der Waals surface area contributed by atoms with Gasteiger partial charge in [0.15, 0.2) is 0 Å². The molecule has 0 spiro atoms. The molecule has 60 valence electrons. The van der Waals surface area contributed by atoms with Crippen LogP contribution in [0.3, 0.4) is 0 Å². The van der Waals surface area contributed by atoms with Crippen LogP contribution in [0.2, 0.25) is 0 Å². The summed E-state index contributed by atoms with van der Waals surface area (Å²) < 4.78 is 10.6. The molecule has 0 saturated heterocycles. The molecule has 2 nitrogen and oxygen atoms in total. The Bertz CT molecular complexity index is 97.6. The number of hydrogen-bond donors (Lipinski definition) is 0. The Morgan fingerprint density at radius 1 is 1.40 bits per heavy atom. The molecule has 0 aliphatic heterocycles. The smallest absolute Gasteiger partial charge is 0.0863 e. The van der Waals surface area contributed by atoms with E-state index >= 15 is 0 Å². The average Bonchev–Trinajstić information content (AvgIpc) is 2.65. The molecule has 0 aromatic rings. The first-order valence-corrected chi connectivity index (χ1v) is 4.21. The molecule has 0 amide bonds. The molecular weight excluding hydrogens is 152 g/mol. The Morgan fingerprint density at radius 3 is 2.70 bits per heavy atom. The Labute approximate surface area is 66.5 Å². The van der Waals surface area contributed by atoms with Crippen molar-refractivity contribution in [1.82, 2.24) is 0 Å². The third-order valence-corrected chi connectivity index (χ3v) is 1.62. The van der Waals surface area contributed by atoms with Crippen LogP contribution in [0, 0.1) is 0 Å². The zero-order valence-electron chi connectivity index (χ0n) is 6.18. The summed E-state index contributed by atoms with van der Waals surface area (Å²) >= 11 is 5.43. The van der Waals surface area contributed by atoms with Crippen molar-refractivity contribution in [3.05, 3.63) is 0 Å². The fourth-order valence-corrected chi connectivity index (χ4v) is 1.00. The predicted molar refractivity (Wildman–Crippen MR) is 40.5 cm³/mol. The average molecular weight is 165 g/mol. The maximum Gasteiger partial charge on any atom is 0.0863 e. The van der Waals surface area contributed by atoms with Crippen molar-refractivity contribution in [2.45, 2.75) is 25.6 Å². The third kappa shape index (κ3) is 2.45. The number of halogens is 1. The van der Waals surface area contributed by atoms with Crippen molar-refractivity contribution in [3.63, 3.8) is 0 Å². The summed E-state index contributed by atoms with van der Waals surface area (Å²) in [6.45, 7) is 3.43. The Kier molecular flexibility index (Phi) is 3.46. The van der Waals surface area contributed by atoms with E-state index in [4.69, 9.17) is 21.1 Å². The van der Waals surface area contributed by atoms with Gasteiger partial charge >= 0.3 is 0 Å². The summed E-state index contributed by atoms with van der Waals surface area (Å²) in [7, 11) is 0. The van der Waals surface area contributed by atoms with E-state index in [9.17, 15) is 0 Å². The highest BCUT2D eigenvalue weighted by atomic mass is 35.5. The van der Waals surface area contributed by atoms with Gasteiger partial charge in [-0.3, -0.25) is 0 Å². The summed E-state index contributed by atoms with van der Waals surface area (Å²) in [4.78, 5) is 0. The molecule has 2 atom stereocenters. The first kappa shape index (κ1) is 8.31. The summed E-state index contributed by atoms with van der Waals surface area (Å²) in [5.41, 5.74) is 0. The van der Waals surface area contributed by atoms with Crippen LogP contribution in [0.25, 0.3) is 0 Å². The van der Waals surface area contributed by atoms with Gasteiger partial charge in [-0.15, -0.1) is 11.6 Å². The molecule has 0 heterocycles. The fourth-order valence-electron chi connectivity index (χ4n) is 0.911. The minimum Gasteiger partial charge on any atom is -0.376 e. The minimum absolute atomic E-state index is 0.332. The third-order valence-electron chi connectivity index (χ3n) is 1.47. The van der Waals surface area contributed by atoms with Gasteiger partial charge in [-0.25, -0.2) is 0 Å². The highest BCUT2D eigenvalue weighted by Crippen LogP contribution is 2.28. The maximum atomic E-state index is 5.43. The molecule has 0 radical (unpaired) electrons. The summed E-state index contributed by atoms with van der Waals surface area (Å²) in [5, 5.41) is 0. The van der Waals surface area contributed by atoms with E-state index in [0.717, 1.165) is 13.0 Å². The second-order valence-corrected chi connectivity index (χ2v) is 2.71. The molecule has 0 bridgehead atoms. The van der Waals surface area contributed by atoms with Gasteiger partial charge in [0.25, 0.3) is 0 Å². The molecule has 10 heavy (non-hydrogen) atoms. The molecule has 3 heteroatoms. The van der Waals surface area contributed by atoms with Crippen molar-refractivity contribution in [2.75, 3.05) is 19.1 Å². The lowest BCUT2D eigenvalue weighted by Gasteiger charge is -1.99. The zero-order chi connectivity index (χ0) is 7.40. The number of ether oxygens (including phenoxy) is 2. The summed E-state index contributed by atoms with van der Waals surface area (Å²) in [6, 6.07) is 0. The summed E-state index contributed by atoms with van der Waals surface area (Å²) in [5.74, 6) is 0.579. The second kappa shape index (κ2) is 4.16. The van der Waals surface area contributed by atoms with E-state index < -0.39 is 0 Å². The molecular formula is C7H13ClO2. The summed E-state index contributed by atoms with van der Waals surface area (Å²) in [6.07, 6.45) is 1.73.